The zero-order valence-electron chi connectivity index (χ0n) is 18.1. The Morgan fingerprint density at radius 3 is 2.41 bits per heavy atom. The smallest absolute Gasteiger partial charge is 0.308 e. The molecule has 3 aromatic carbocycles. The molecule has 0 saturated heterocycles. The first kappa shape index (κ1) is 21.5. The van der Waals surface area contributed by atoms with Crippen LogP contribution in [-0.4, -0.2) is 43.1 Å². The molecule has 6 nitrogen and oxygen atoms in total. The molecule has 3 aromatic rings. The number of hydrogen-bond acceptors (Lipinski definition) is 6. The van der Waals surface area contributed by atoms with Gasteiger partial charge < -0.3 is 15.4 Å². The first-order valence-electron chi connectivity index (χ1n) is 10.5. The summed E-state index contributed by atoms with van der Waals surface area (Å²) < 4.78 is 5.23. The molecule has 2 unspecified atom stereocenters. The second kappa shape index (κ2) is 9.16. The fourth-order valence-corrected chi connectivity index (χ4v) is 4.02. The molecule has 0 saturated carbocycles. The number of anilines is 1. The van der Waals surface area contributed by atoms with Crippen molar-refractivity contribution in [2.45, 2.75) is 19.0 Å². The van der Waals surface area contributed by atoms with Crippen LogP contribution in [0.2, 0.25) is 0 Å². The van der Waals surface area contributed by atoms with Crippen LogP contribution in [0.3, 0.4) is 0 Å². The summed E-state index contributed by atoms with van der Waals surface area (Å²) in [5.74, 6) is -0.573. The predicted molar refractivity (Wildman–Crippen MR) is 126 cm³/mol. The van der Waals surface area contributed by atoms with E-state index in [0.717, 1.165) is 22.5 Å². The summed E-state index contributed by atoms with van der Waals surface area (Å²) in [4.78, 5) is 31.8. The minimum atomic E-state index is -0.872. The number of likely N-dealkylation sites (N-methyl/N-ethyl adjacent to an activating group) is 1. The van der Waals surface area contributed by atoms with Crippen molar-refractivity contribution >= 4 is 23.2 Å². The van der Waals surface area contributed by atoms with Gasteiger partial charge in [-0.1, -0.05) is 60.7 Å². The molecule has 0 spiro atoms. The van der Waals surface area contributed by atoms with Gasteiger partial charge in [-0.2, -0.15) is 0 Å². The summed E-state index contributed by atoms with van der Waals surface area (Å²) in [6, 6.07) is 23.4. The number of fused-ring (bicyclic) bond motifs is 1. The number of para-hydroxylation sites is 2. The summed E-state index contributed by atoms with van der Waals surface area (Å²) in [6.07, 6.45) is 0. The van der Waals surface area contributed by atoms with E-state index >= 15 is 0 Å². The zero-order valence-corrected chi connectivity index (χ0v) is 18.1. The Morgan fingerprint density at radius 1 is 1.00 bits per heavy atom. The third kappa shape index (κ3) is 4.18. The monoisotopic (exact) mass is 427 g/mol. The highest BCUT2D eigenvalue weighted by atomic mass is 16.5. The number of Topliss-reactive ketones (excluding diaryl/α,β-unsaturated/α-hetero) is 1. The molecule has 6 heteroatoms. The Labute approximate surface area is 187 Å². The van der Waals surface area contributed by atoms with Crippen LogP contribution >= 0.6 is 0 Å². The molecule has 2 N–H and O–H groups in total. The number of carbonyl (C=O) groups is 2. The number of esters is 1. The Balaban J connectivity index is 1.72. The minimum absolute atomic E-state index is 0.214. The number of ether oxygens (including phenoxy) is 1. The molecule has 1 aliphatic rings. The first-order chi connectivity index (χ1) is 15.5. The third-order valence-corrected chi connectivity index (χ3v) is 5.64. The van der Waals surface area contributed by atoms with E-state index in [9.17, 15) is 9.59 Å². The van der Waals surface area contributed by atoms with Crippen molar-refractivity contribution in [2.75, 3.05) is 18.5 Å². The standard InChI is InChI=1S/C26H25N3O3/c1-17(30)32-23-15-9-7-13-20(23)26(31)24(27)22-16-28-25(18-10-4-3-5-11-18)19-12-6-8-14-21(19)29(22)2/h3-15,22,24H,16,27H2,1-2H3. The van der Waals surface area contributed by atoms with Crippen molar-refractivity contribution in [1.82, 2.24) is 0 Å². The van der Waals surface area contributed by atoms with Crippen LogP contribution in [0.4, 0.5) is 5.69 Å². The number of carbonyl (C=O) groups excluding carboxylic acids is 2. The van der Waals surface area contributed by atoms with Crippen LogP contribution in [0.25, 0.3) is 0 Å². The quantitative estimate of drug-likeness (QED) is 0.383. The molecule has 4 rings (SSSR count). The Hall–Kier alpha value is -3.77. The number of rotatable bonds is 5. The lowest BCUT2D eigenvalue weighted by molar-refractivity contribution is -0.131. The maximum Gasteiger partial charge on any atom is 0.308 e. The van der Waals surface area contributed by atoms with Gasteiger partial charge in [-0.25, -0.2) is 0 Å². The van der Waals surface area contributed by atoms with Gasteiger partial charge in [0.2, 0.25) is 0 Å². The van der Waals surface area contributed by atoms with Crippen LogP contribution in [-0.2, 0) is 4.79 Å². The van der Waals surface area contributed by atoms with Crippen LogP contribution in [0.5, 0.6) is 5.75 Å². The number of benzodiazepines with no additional fused rings is 1. The molecule has 0 fully saturated rings. The number of ketones is 1. The van der Waals surface area contributed by atoms with E-state index in [1.807, 2.05) is 66.5 Å². The highest BCUT2D eigenvalue weighted by Crippen LogP contribution is 2.29. The first-order valence-corrected chi connectivity index (χ1v) is 10.5. The zero-order chi connectivity index (χ0) is 22.7. The van der Waals surface area contributed by atoms with Crippen molar-refractivity contribution in [3.63, 3.8) is 0 Å². The normalized spacial score (nSPS) is 16.4. The second-order valence-electron chi connectivity index (χ2n) is 7.73. The molecule has 0 aliphatic carbocycles. The largest absolute Gasteiger partial charge is 0.426 e. The van der Waals surface area contributed by atoms with Gasteiger partial charge in [-0.05, 0) is 18.2 Å². The molecule has 162 valence electrons. The Kier molecular flexibility index (Phi) is 6.14. The molecule has 1 aliphatic heterocycles. The Bertz CT molecular complexity index is 1170. The van der Waals surface area contributed by atoms with Gasteiger partial charge in [0.25, 0.3) is 0 Å². The molecule has 0 bridgehead atoms. The topological polar surface area (TPSA) is 85.0 Å². The maximum absolute atomic E-state index is 13.4. The third-order valence-electron chi connectivity index (χ3n) is 5.64. The number of nitrogens with zero attached hydrogens (tertiary/aromatic N) is 2. The Morgan fingerprint density at radius 2 is 1.66 bits per heavy atom. The number of hydrogen-bond donors (Lipinski definition) is 1. The fourth-order valence-electron chi connectivity index (χ4n) is 4.02. The van der Waals surface area contributed by atoms with Crippen molar-refractivity contribution in [2.24, 2.45) is 10.7 Å². The van der Waals surface area contributed by atoms with Gasteiger partial charge >= 0.3 is 5.97 Å². The maximum atomic E-state index is 13.4. The van der Waals surface area contributed by atoms with Gasteiger partial charge in [-0.3, -0.25) is 14.6 Å². The van der Waals surface area contributed by atoms with Crippen LogP contribution in [0.15, 0.2) is 83.9 Å². The highest BCUT2D eigenvalue weighted by Gasteiger charge is 2.33. The van der Waals surface area contributed by atoms with Crippen molar-refractivity contribution in [3.8, 4) is 5.75 Å². The number of benzene rings is 3. The summed E-state index contributed by atoms with van der Waals surface area (Å²) in [5, 5.41) is 0. The number of aliphatic imine (C=N–C) groups is 1. The van der Waals surface area contributed by atoms with Crippen molar-refractivity contribution in [1.29, 1.82) is 0 Å². The van der Waals surface area contributed by atoms with E-state index in [0.29, 0.717) is 6.54 Å². The van der Waals surface area contributed by atoms with Gasteiger partial charge in [0.05, 0.1) is 29.9 Å². The van der Waals surface area contributed by atoms with E-state index in [-0.39, 0.29) is 23.1 Å². The average Bonchev–Trinajstić information content (AvgIpc) is 2.95. The second-order valence-corrected chi connectivity index (χ2v) is 7.73. The van der Waals surface area contributed by atoms with Crippen molar-refractivity contribution in [3.05, 3.63) is 95.6 Å². The molecule has 0 radical (unpaired) electrons. The highest BCUT2D eigenvalue weighted by molar-refractivity contribution is 6.16. The van der Waals surface area contributed by atoms with Crippen LogP contribution < -0.4 is 15.4 Å². The lowest BCUT2D eigenvalue weighted by Crippen LogP contribution is -2.52. The van der Waals surface area contributed by atoms with Gasteiger partial charge in [0, 0.05) is 30.8 Å². The van der Waals surface area contributed by atoms with E-state index < -0.39 is 12.0 Å². The molecular weight excluding hydrogens is 402 g/mol. The lowest BCUT2D eigenvalue weighted by Gasteiger charge is -2.32. The van der Waals surface area contributed by atoms with Gasteiger partial charge in [0.1, 0.15) is 5.75 Å². The van der Waals surface area contributed by atoms with Crippen LogP contribution in [0.1, 0.15) is 28.4 Å². The molecular formula is C26H25N3O3. The molecule has 0 aromatic heterocycles. The summed E-state index contributed by atoms with van der Waals surface area (Å²) in [7, 11) is 1.93. The van der Waals surface area contributed by atoms with E-state index in [1.165, 1.54) is 6.92 Å². The van der Waals surface area contributed by atoms with Gasteiger partial charge in [0.15, 0.2) is 5.78 Å². The van der Waals surface area contributed by atoms with E-state index in [4.69, 9.17) is 15.5 Å². The minimum Gasteiger partial charge on any atom is -0.426 e. The molecule has 32 heavy (non-hydrogen) atoms. The average molecular weight is 428 g/mol. The molecule has 0 amide bonds. The summed E-state index contributed by atoms with van der Waals surface area (Å²) >= 11 is 0. The SMILES string of the molecule is CC(=O)Oc1ccccc1C(=O)C(N)C1CN=C(c2ccccc2)c2ccccc2N1C. The number of nitrogens with two attached hydrogens (primary N) is 1. The summed E-state index contributed by atoms with van der Waals surface area (Å²) in [6.45, 7) is 1.65. The van der Waals surface area contributed by atoms with E-state index in [1.54, 1.807) is 24.3 Å². The summed E-state index contributed by atoms with van der Waals surface area (Å²) in [5.41, 5.74) is 10.6. The molecule has 2 atom stereocenters. The lowest BCUT2D eigenvalue weighted by atomic mass is 9.96. The predicted octanol–water partition coefficient (Wildman–Crippen LogP) is 3.48. The fraction of sp³-hybridized carbons (Fsp3) is 0.192. The molecule has 1 heterocycles. The van der Waals surface area contributed by atoms with E-state index in [2.05, 4.69) is 0 Å². The van der Waals surface area contributed by atoms with Crippen LogP contribution in [0, 0.1) is 0 Å². The van der Waals surface area contributed by atoms with Crippen molar-refractivity contribution < 1.29 is 14.3 Å². The van der Waals surface area contributed by atoms with Gasteiger partial charge in [-0.15, -0.1) is 0 Å².